The van der Waals surface area contributed by atoms with Crippen LogP contribution in [0.15, 0.2) is 188 Å². The molecule has 9 aromatic rings. The molecule has 0 fully saturated rings. The van der Waals surface area contributed by atoms with E-state index in [9.17, 15) is 0 Å². The van der Waals surface area contributed by atoms with Crippen LogP contribution in [-0.4, -0.2) is 0 Å². The fourth-order valence-electron chi connectivity index (χ4n) is 7.07. The lowest BCUT2D eigenvalue weighted by molar-refractivity contribution is 1.28. The number of thiophene rings is 1. The van der Waals surface area contributed by atoms with Gasteiger partial charge in [-0.3, -0.25) is 0 Å². The van der Waals surface area contributed by atoms with Crippen molar-refractivity contribution in [2.24, 2.45) is 0 Å². The van der Waals surface area contributed by atoms with Gasteiger partial charge >= 0.3 is 0 Å². The minimum atomic E-state index is 1.13. The molecular formula is C46H31NS. The van der Waals surface area contributed by atoms with Gasteiger partial charge in [0.05, 0.1) is 0 Å². The zero-order valence-electron chi connectivity index (χ0n) is 26.3. The van der Waals surface area contributed by atoms with Gasteiger partial charge in [-0.15, -0.1) is 11.3 Å². The number of benzene rings is 8. The summed E-state index contributed by atoms with van der Waals surface area (Å²) in [7, 11) is 0. The second-order valence-electron chi connectivity index (χ2n) is 12.1. The van der Waals surface area contributed by atoms with Gasteiger partial charge in [-0.2, -0.15) is 0 Å². The highest BCUT2D eigenvalue weighted by atomic mass is 32.1. The van der Waals surface area contributed by atoms with Crippen LogP contribution in [0.25, 0.3) is 64.3 Å². The molecule has 0 aliphatic heterocycles. The second kappa shape index (κ2) is 12.0. The highest BCUT2D eigenvalue weighted by Gasteiger charge is 2.21. The maximum absolute atomic E-state index is 2.30. The molecule has 226 valence electrons. The number of rotatable bonds is 6. The van der Waals surface area contributed by atoms with Crippen molar-refractivity contribution in [2.75, 3.05) is 4.90 Å². The zero-order chi connectivity index (χ0) is 31.9. The Morgan fingerprint density at radius 3 is 1.38 bits per heavy atom. The summed E-state index contributed by atoms with van der Waals surface area (Å²) in [5, 5.41) is 5.26. The van der Waals surface area contributed by atoms with Crippen LogP contribution in [0.5, 0.6) is 0 Å². The van der Waals surface area contributed by atoms with Crippen LogP contribution in [0, 0.1) is 0 Å². The molecule has 0 bridgehead atoms. The molecule has 1 nitrogen and oxygen atoms in total. The topological polar surface area (TPSA) is 3.24 Å². The van der Waals surface area contributed by atoms with E-state index >= 15 is 0 Å². The Bertz CT molecular complexity index is 2480. The first-order valence-corrected chi connectivity index (χ1v) is 17.2. The molecule has 9 rings (SSSR count). The smallest absolute Gasteiger partial charge is 0.0462 e. The Morgan fingerprint density at radius 1 is 0.312 bits per heavy atom. The van der Waals surface area contributed by atoms with Crippen LogP contribution < -0.4 is 4.90 Å². The molecule has 0 aliphatic rings. The summed E-state index contributed by atoms with van der Waals surface area (Å²) in [5.41, 5.74) is 10.9. The number of fused-ring (bicyclic) bond motifs is 5. The first-order chi connectivity index (χ1) is 23.8. The molecule has 48 heavy (non-hydrogen) atoms. The van der Waals surface area contributed by atoms with Gasteiger partial charge in [0.25, 0.3) is 0 Å². The third kappa shape index (κ3) is 4.86. The summed E-state index contributed by atoms with van der Waals surface area (Å²) in [6.45, 7) is 0. The maximum Gasteiger partial charge on any atom is 0.0462 e. The van der Waals surface area contributed by atoms with Crippen LogP contribution in [0.4, 0.5) is 17.1 Å². The van der Waals surface area contributed by atoms with Crippen LogP contribution >= 0.6 is 11.3 Å². The van der Waals surface area contributed by atoms with Crippen LogP contribution in [0.1, 0.15) is 0 Å². The minimum Gasteiger partial charge on any atom is -0.311 e. The Balaban J connectivity index is 1.17. The fourth-order valence-corrected chi connectivity index (χ4v) is 8.32. The van der Waals surface area contributed by atoms with Crippen molar-refractivity contribution in [1.29, 1.82) is 0 Å². The van der Waals surface area contributed by atoms with E-state index < -0.39 is 0 Å². The van der Waals surface area contributed by atoms with E-state index in [4.69, 9.17) is 0 Å². The van der Waals surface area contributed by atoms with Gasteiger partial charge in [-0.25, -0.2) is 0 Å². The SMILES string of the molecule is c1ccc(-c2c(-c3ccc(-c4ccc(N(c5ccccc5)c5ccccc5)cc4)cc3)c3ccccc3c3sc4ccccc4c23)cc1. The summed E-state index contributed by atoms with van der Waals surface area (Å²) in [6, 6.07) is 67.8. The third-order valence-electron chi connectivity index (χ3n) is 9.26. The van der Waals surface area contributed by atoms with E-state index in [1.165, 1.54) is 64.3 Å². The molecule has 1 aromatic heterocycles. The van der Waals surface area contributed by atoms with E-state index in [0.717, 1.165) is 17.1 Å². The lowest BCUT2D eigenvalue weighted by atomic mass is 9.86. The summed E-state index contributed by atoms with van der Waals surface area (Å²) in [4.78, 5) is 2.30. The monoisotopic (exact) mass is 629 g/mol. The minimum absolute atomic E-state index is 1.13. The van der Waals surface area contributed by atoms with Gasteiger partial charge < -0.3 is 4.90 Å². The van der Waals surface area contributed by atoms with E-state index in [-0.39, 0.29) is 0 Å². The molecule has 1 heterocycles. The molecule has 0 radical (unpaired) electrons. The number of hydrogen-bond donors (Lipinski definition) is 0. The van der Waals surface area contributed by atoms with Crippen molar-refractivity contribution in [1.82, 2.24) is 0 Å². The predicted octanol–water partition coefficient (Wildman–Crippen LogP) is 13.7. The second-order valence-corrected chi connectivity index (χ2v) is 13.1. The number of nitrogens with zero attached hydrogens (tertiary/aromatic N) is 1. The standard InChI is InChI=1S/C46H31NS/c1-4-14-34(15-5-1)44-43(39-20-10-11-21-40(39)46-45(44)41-22-12-13-23-42(41)48-46)35-26-24-32(25-27-35)33-28-30-38(31-29-33)47(36-16-6-2-7-17-36)37-18-8-3-9-19-37/h1-31H. The van der Waals surface area contributed by atoms with Crippen molar-refractivity contribution < 1.29 is 0 Å². The van der Waals surface area contributed by atoms with Gasteiger partial charge in [-0.05, 0) is 81.2 Å². The number of hydrogen-bond acceptors (Lipinski definition) is 2. The summed E-state index contributed by atoms with van der Waals surface area (Å²) in [6.07, 6.45) is 0. The van der Waals surface area contributed by atoms with Crippen molar-refractivity contribution in [3.05, 3.63) is 188 Å². The van der Waals surface area contributed by atoms with Crippen molar-refractivity contribution in [3.8, 4) is 33.4 Å². The van der Waals surface area contributed by atoms with Crippen LogP contribution in [0.2, 0.25) is 0 Å². The first kappa shape index (κ1) is 28.3. The molecule has 0 saturated carbocycles. The molecule has 2 heteroatoms. The highest BCUT2D eigenvalue weighted by molar-refractivity contribution is 7.26. The fraction of sp³-hybridized carbons (Fsp3) is 0. The van der Waals surface area contributed by atoms with Crippen LogP contribution in [0.3, 0.4) is 0 Å². The van der Waals surface area contributed by atoms with Gasteiger partial charge in [0.15, 0.2) is 0 Å². The van der Waals surface area contributed by atoms with E-state index in [2.05, 4.69) is 193 Å². The van der Waals surface area contributed by atoms with Gasteiger partial charge in [-0.1, -0.05) is 146 Å². The molecule has 0 saturated heterocycles. The van der Waals surface area contributed by atoms with E-state index in [0.29, 0.717) is 0 Å². The predicted molar refractivity (Wildman–Crippen MR) is 208 cm³/mol. The van der Waals surface area contributed by atoms with Gasteiger partial charge in [0, 0.05) is 42.6 Å². The van der Waals surface area contributed by atoms with Gasteiger partial charge in [0.1, 0.15) is 0 Å². The average Bonchev–Trinajstić information content (AvgIpc) is 3.56. The molecule has 0 N–H and O–H groups in total. The lowest BCUT2D eigenvalue weighted by Crippen LogP contribution is -2.09. The van der Waals surface area contributed by atoms with E-state index in [1.807, 2.05) is 11.3 Å². The third-order valence-corrected chi connectivity index (χ3v) is 10.5. The normalized spacial score (nSPS) is 11.3. The highest BCUT2D eigenvalue weighted by Crippen LogP contribution is 2.50. The van der Waals surface area contributed by atoms with Crippen molar-refractivity contribution in [3.63, 3.8) is 0 Å². The summed E-state index contributed by atoms with van der Waals surface area (Å²) >= 11 is 1.90. The van der Waals surface area contributed by atoms with Gasteiger partial charge in [0.2, 0.25) is 0 Å². The Morgan fingerprint density at radius 2 is 0.750 bits per heavy atom. The summed E-state index contributed by atoms with van der Waals surface area (Å²) in [5.74, 6) is 0. The molecule has 0 unspecified atom stereocenters. The molecule has 0 amide bonds. The molecule has 0 atom stereocenters. The number of para-hydroxylation sites is 2. The Hall–Kier alpha value is -5.96. The zero-order valence-corrected chi connectivity index (χ0v) is 27.1. The maximum atomic E-state index is 2.30. The average molecular weight is 630 g/mol. The molecule has 0 aliphatic carbocycles. The quantitative estimate of drug-likeness (QED) is 0.177. The Labute approximate surface area is 284 Å². The first-order valence-electron chi connectivity index (χ1n) is 16.4. The Kier molecular flexibility index (Phi) is 7.07. The largest absolute Gasteiger partial charge is 0.311 e. The molecular weight excluding hydrogens is 599 g/mol. The van der Waals surface area contributed by atoms with Crippen LogP contribution in [-0.2, 0) is 0 Å². The number of anilines is 3. The molecule has 8 aromatic carbocycles. The van der Waals surface area contributed by atoms with Crippen molar-refractivity contribution >= 4 is 59.3 Å². The van der Waals surface area contributed by atoms with Crippen molar-refractivity contribution in [2.45, 2.75) is 0 Å². The summed E-state index contributed by atoms with van der Waals surface area (Å²) < 4.78 is 2.68. The molecule has 0 spiro atoms. The van der Waals surface area contributed by atoms with E-state index in [1.54, 1.807) is 0 Å². The lowest BCUT2D eigenvalue weighted by Gasteiger charge is -2.25.